The minimum absolute atomic E-state index is 0.0486. The van der Waals surface area contributed by atoms with Gasteiger partial charge in [0.2, 0.25) is 6.29 Å². The molecule has 2 saturated heterocycles. The summed E-state index contributed by atoms with van der Waals surface area (Å²) >= 11 is 0. The average molecular weight is 843 g/mol. The monoisotopic (exact) mass is 842 g/mol. The third-order valence-corrected chi connectivity index (χ3v) is 15.3. The molecule has 0 amide bonds. The van der Waals surface area contributed by atoms with Gasteiger partial charge in [0.05, 0.1) is 31.0 Å². The second kappa shape index (κ2) is 17.9. The fourth-order valence-electron chi connectivity index (χ4n) is 11.8. The first-order chi connectivity index (χ1) is 27.6. The molecule has 17 nitrogen and oxygen atoms in total. The van der Waals surface area contributed by atoms with E-state index < -0.39 is 116 Å². The van der Waals surface area contributed by atoms with Gasteiger partial charge in [-0.25, -0.2) is 4.79 Å². The quantitative estimate of drug-likeness (QED) is 0.0702. The molecule has 17 heteroatoms. The van der Waals surface area contributed by atoms with E-state index in [1.165, 1.54) is 6.92 Å². The van der Waals surface area contributed by atoms with Gasteiger partial charge >= 0.3 is 11.9 Å². The lowest BCUT2D eigenvalue weighted by atomic mass is 9.45. The molecular weight excluding hydrogens is 776 g/mol. The van der Waals surface area contributed by atoms with Crippen molar-refractivity contribution in [2.24, 2.45) is 40.4 Å². The van der Waals surface area contributed by atoms with Crippen molar-refractivity contribution >= 4 is 11.9 Å². The summed E-state index contributed by atoms with van der Waals surface area (Å²) in [4.78, 5) is 25.3. The molecule has 0 aromatic heterocycles. The minimum atomic E-state index is -1.90. The molecule has 59 heavy (non-hydrogen) atoms. The van der Waals surface area contributed by atoms with Crippen LogP contribution in [0, 0.1) is 40.4 Å². The van der Waals surface area contributed by atoms with Crippen LogP contribution in [0.25, 0.3) is 0 Å². The first kappa shape index (κ1) is 46.4. The number of allylic oxidation sites excluding steroid dienone is 1. The minimum Gasteiger partial charge on any atom is -0.463 e. The van der Waals surface area contributed by atoms with Crippen molar-refractivity contribution in [1.82, 2.24) is 0 Å². The molecule has 336 valence electrons. The van der Waals surface area contributed by atoms with E-state index in [-0.39, 0.29) is 53.4 Å². The van der Waals surface area contributed by atoms with Gasteiger partial charge in [0.25, 0.3) is 0 Å². The summed E-state index contributed by atoms with van der Waals surface area (Å²) in [5, 5.41) is 108. The summed E-state index contributed by atoms with van der Waals surface area (Å²) in [6.07, 6.45) is -14.0. The van der Waals surface area contributed by atoms with Gasteiger partial charge in [-0.1, -0.05) is 38.0 Å². The molecule has 21 unspecified atom stereocenters. The van der Waals surface area contributed by atoms with Crippen LogP contribution < -0.4 is 0 Å². The second-order valence-corrected chi connectivity index (χ2v) is 18.7. The summed E-state index contributed by atoms with van der Waals surface area (Å²) in [6.45, 7) is 9.22. The van der Waals surface area contributed by atoms with Crippen molar-refractivity contribution in [2.45, 2.75) is 172 Å². The van der Waals surface area contributed by atoms with Gasteiger partial charge < -0.3 is 74.7 Å². The van der Waals surface area contributed by atoms with Crippen LogP contribution in [-0.4, -0.2) is 162 Å². The molecule has 0 spiro atoms. The molecule has 5 fully saturated rings. The molecular formula is C42H66O17. The van der Waals surface area contributed by atoms with Crippen LogP contribution in [0.2, 0.25) is 0 Å². The second-order valence-electron chi connectivity index (χ2n) is 18.7. The number of carbonyl (C=O) groups is 2. The predicted molar refractivity (Wildman–Crippen MR) is 204 cm³/mol. The Morgan fingerprint density at radius 2 is 1.56 bits per heavy atom. The lowest BCUT2D eigenvalue weighted by Crippen LogP contribution is -2.65. The number of rotatable bonds is 11. The van der Waals surface area contributed by atoms with E-state index in [0.717, 1.165) is 31.8 Å². The number of fused-ring (bicyclic) bond motifs is 5. The molecule has 4 aliphatic carbocycles. The maximum atomic E-state index is 13.7. The van der Waals surface area contributed by atoms with Crippen LogP contribution in [0.1, 0.15) is 86.5 Å². The summed E-state index contributed by atoms with van der Waals surface area (Å²) in [7, 11) is 0. The van der Waals surface area contributed by atoms with Crippen molar-refractivity contribution in [3.8, 4) is 0 Å². The van der Waals surface area contributed by atoms with E-state index in [0.29, 0.717) is 18.4 Å². The van der Waals surface area contributed by atoms with Crippen molar-refractivity contribution in [3.63, 3.8) is 0 Å². The lowest BCUT2D eigenvalue weighted by Gasteiger charge is -2.61. The number of hydrogen-bond acceptors (Lipinski definition) is 17. The summed E-state index contributed by atoms with van der Waals surface area (Å²) < 4.78 is 27.5. The molecule has 0 aromatic carbocycles. The SMILES string of the molecule is CC(=O)OCC1OC(OC(=O)/C(C)=C(/C)CC(O)C(C)C2CCC3C4CC=C5CC(O)CC(O)C5(C)C4C(O)CC23C)C(OC2OC(CO)C(O)C(O)C2O)C(O)C1O. The number of esters is 2. The summed E-state index contributed by atoms with van der Waals surface area (Å²) in [6, 6.07) is 0. The maximum absolute atomic E-state index is 13.7. The normalized spacial score (nSPS) is 47.4. The highest BCUT2D eigenvalue weighted by atomic mass is 16.8. The zero-order chi connectivity index (χ0) is 43.5. The van der Waals surface area contributed by atoms with Gasteiger partial charge in [0, 0.05) is 24.3 Å². The Morgan fingerprint density at radius 1 is 0.898 bits per heavy atom. The first-order valence-corrected chi connectivity index (χ1v) is 21.1. The largest absolute Gasteiger partial charge is 0.463 e. The lowest BCUT2D eigenvalue weighted by molar-refractivity contribution is -0.362. The van der Waals surface area contributed by atoms with Crippen molar-refractivity contribution in [2.75, 3.05) is 13.2 Å². The maximum Gasteiger partial charge on any atom is 0.336 e. The van der Waals surface area contributed by atoms with Crippen molar-refractivity contribution < 1.29 is 84.3 Å². The molecule has 2 heterocycles. The number of aliphatic hydroxyl groups excluding tert-OH is 10. The molecule has 0 bridgehead atoms. The Labute approximate surface area is 344 Å². The molecule has 2 aliphatic heterocycles. The zero-order valence-electron chi connectivity index (χ0n) is 34.7. The van der Waals surface area contributed by atoms with Gasteiger partial charge in [0.15, 0.2) is 12.4 Å². The highest BCUT2D eigenvalue weighted by molar-refractivity contribution is 5.88. The van der Waals surface area contributed by atoms with Crippen LogP contribution >= 0.6 is 0 Å². The molecule has 0 aromatic rings. The van der Waals surface area contributed by atoms with Crippen LogP contribution in [0.5, 0.6) is 0 Å². The molecule has 3 saturated carbocycles. The van der Waals surface area contributed by atoms with E-state index in [1.807, 2.05) is 13.8 Å². The Morgan fingerprint density at radius 3 is 2.22 bits per heavy atom. The zero-order valence-corrected chi connectivity index (χ0v) is 34.7. The first-order valence-electron chi connectivity index (χ1n) is 21.1. The molecule has 6 rings (SSSR count). The third kappa shape index (κ3) is 8.54. The molecule has 0 radical (unpaired) electrons. The Balaban J connectivity index is 1.15. The van der Waals surface area contributed by atoms with Crippen LogP contribution in [-0.2, 0) is 33.3 Å². The van der Waals surface area contributed by atoms with Gasteiger partial charge in [-0.15, -0.1) is 0 Å². The van der Waals surface area contributed by atoms with Crippen LogP contribution in [0.3, 0.4) is 0 Å². The van der Waals surface area contributed by atoms with E-state index in [4.69, 9.17) is 23.7 Å². The van der Waals surface area contributed by atoms with Gasteiger partial charge in [-0.05, 0) is 87.4 Å². The summed E-state index contributed by atoms with van der Waals surface area (Å²) in [5.41, 5.74) is 0.712. The van der Waals surface area contributed by atoms with E-state index in [9.17, 15) is 60.7 Å². The fourth-order valence-corrected chi connectivity index (χ4v) is 11.8. The Kier molecular flexibility index (Phi) is 14.1. The van der Waals surface area contributed by atoms with E-state index in [2.05, 4.69) is 13.0 Å². The van der Waals surface area contributed by atoms with Gasteiger partial charge in [-0.2, -0.15) is 0 Å². The number of ether oxygens (including phenoxy) is 5. The van der Waals surface area contributed by atoms with Crippen LogP contribution in [0.15, 0.2) is 22.8 Å². The van der Waals surface area contributed by atoms with Gasteiger partial charge in [0.1, 0.15) is 49.3 Å². The highest BCUT2D eigenvalue weighted by Crippen LogP contribution is 2.67. The molecule has 21 atom stereocenters. The molecule has 10 N–H and O–H groups in total. The third-order valence-electron chi connectivity index (χ3n) is 15.3. The average Bonchev–Trinajstić information content (AvgIpc) is 3.52. The number of carbonyl (C=O) groups excluding carboxylic acids is 2. The fraction of sp³-hybridized carbons (Fsp3) is 0.857. The smallest absolute Gasteiger partial charge is 0.336 e. The van der Waals surface area contributed by atoms with Crippen molar-refractivity contribution in [3.05, 3.63) is 22.8 Å². The van der Waals surface area contributed by atoms with E-state index in [1.54, 1.807) is 6.92 Å². The van der Waals surface area contributed by atoms with E-state index >= 15 is 0 Å². The standard InChI is InChI=1S/C42H66O17/c1-17(11-26(46)19(3)24-9-10-25-23-8-7-21-12-22(45)13-30(48)42(21,6)31(23)27(47)14-41(24,25)5)18(2)38(54)59-40-37(35(52)33(50)29(57-40)16-55-20(4)44)58-39-36(53)34(51)32(49)28(15-43)56-39/h7,19,22-37,39-40,43,45-53H,8-16H2,1-6H3/b18-17-. The topological polar surface area (TPSA) is 283 Å². The number of hydrogen-bond donors (Lipinski definition) is 10. The summed E-state index contributed by atoms with van der Waals surface area (Å²) in [5.74, 6) is -1.58. The van der Waals surface area contributed by atoms with Crippen molar-refractivity contribution in [1.29, 1.82) is 0 Å². The highest BCUT2D eigenvalue weighted by Gasteiger charge is 2.64. The predicted octanol–water partition coefficient (Wildman–Crippen LogP) is -0.670. The Bertz CT molecular complexity index is 1590. The Hall–Kier alpha value is -2.10. The molecule has 6 aliphatic rings. The number of aliphatic hydroxyl groups is 10. The van der Waals surface area contributed by atoms with Gasteiger partial charge in [-0.3, -0.25) is 4.79 Å². The van der Waals surface area contributed by atoms with Crippen LogP contribution in [0.4, 0.5) is 0 Å².